The van der Waals surface area contributed by atoms with Crippen LogP contribution in [0.15, 0.2) is 17.0 Å². The quantitative estimate of drug-likeness (QED) is 0.800. The van der Waals surface area contributed by atoms with Crippen molar-refractivity contribution in [3.8, 4) is 17.2 Å². The Bertz CT molecular complexity index is 622. The minimum absolute atomic E-state index is 0.0129. The summed E-state index contributed by atoms with van der Waals surface area (Å²) < 4.78 is 44.1. The van der Waals surface area contributed by atoms with Gasteiger partial charge in [-0.3, -0.25) is 0 Å². The zero-order chi connectivity index (χ0) is 17.0. The first-order valence-electron chi connectivity index (χ1n) is 7.46. The third kappa shape index (κ3) is 3.88. The molecule has 0 radical (unpaired) electrons. The minimum Gasteiger partial charge on any atom is -0.496 e. The molecule has 1 aliphatic heterocycles. The normalized spacial score (nSPS) is 21.7. The average molecular weight is 344 g/mol. The summed E-state index contributed by atoms with van der Waals surface area (Å²) in [4.78, 5) is -0.0129. The fourth-order valence-corrected chi connectivity index (χ4v) is 4.29. The van der Waals surface area contributed by atoms with Gasteiger partial charge in [0.25, 0.3) is 0 Å². The van der Waals surface area contributed by atoms with E-state index in [0.29, 0.717) is 12.3 Å². The summed E-state index contributed by atoms with van der Waals surface area (Å²) in [6.07, 6.45) is 0.921. The van der Waals surface area contributed by atoms with Gasteiger partial charge < -0.3 is 19.5 Å². The molecule has 0 aromatic heterocycles. The molecule has 0 bridgehead atoms. The van der Waals surface area contributed by atoms with E-state index in [1.165, 1.54) is 33.5 Å². The van der Waals surface area contributed by atoms with Crippen molar-refractivity contribution in [3.63, 3.8) is 0 Å². The second-order valence-corrected chi connectivity index (χ2v) is 7.21. The molecule has 0 saturated carbocycles. The highest BCUT2D eigenvalue weighted by Crippen LogP contribution is 2.37. The van der Waals surface area contributed by atoms with E-state index >= 15 is 0 Å². The Labute approximate surface area is 137 Å². The summed E-state index contributed by atoms with van der Waals surface area (Å²) in [5.41, 5.74) is 0. The number of hydrogen-bond acceptors (Lipinski definition) is 6. The minimum atomic E-state index is -3.80. The summed E-state index contributed by atoms with van der Waals surface area (Å²) in [5.74, 6) is 1.09. The Morgan fingerprint density at radius 3 is 2.22 bits per heavy atom. The summed E-state index contributed by atoms with van der Waals surface area (Å²) in [7, 11) is 0.527. The number of nitrogens with one attached hydrogen (secondary N) is 2. The maximum Gasteiger partial charge on any atom is 0.248 e. The fraction of sp³-hybridized carbons (Fsp3) is 0.600. The maximum absolute atomic E-state index is 12.9. The first-order chi connectivity index (χ1) is 10.9. The molecule has 130 valence electrons. The van der Waals surface area contributed by atoms with Crippen LogP contribution in [-0.4, -0.2) is 48.9 Å². The lowest BCUT2D eigenvalue weighted by atomic mass is 9.96. The highest BCUT2D eigenvalue weighted by Gasteiger charge is 2.31. The number of ether oxygens (including phenoxy) is 3. The van der Waals surface area contributed by atoms with Gasteiger partial charge in [0.15, 0.2) is 4.90 Å². The molecule has 1 aromatic rings. The number of rotatable bonds is 6. The summed E-state index contributed by atoms with van der Waals surface area (Å²) in [5, 5.41) is 3.21. The Morgan fingerprint density at radius 1 is 1.13 bits per heavy atom. The van der Waals surface area contributed by atoms with Gasteiger partial charge in [0.1, 0.15) is 17.2 Å². The first-order valence-corrected chi connectivity index (χ1v) is 8.94. The van der Waals surface area contributed by atoms with Crippen LogP contribution in [0.2, 0.25) is 0 Å². The summed E-state index contributed by atoms with van der Waals surface area (Å²) >= 11 is 0. The van der Waals surface area contributed by atoms with Crippen molar-refractivity contribution < 1.29 is 22.6 Å². The fourth-order valence-electron chi connectivity index (χ4n) is 2.64. The lowest BCUT2D eigenvalue weighted by Gasteiger charge is -2.30. The SMILES string of the molecule is COc1cc(OC)c(S(=O)(=O)NC2CNCCC2C)c(OC)c1. The highest BCUT2D eigenvalue weighted by atomic mass is 32.2. The van der Waals surface area contributed by atoms with Crippen LogP contribution >= 0.6 is 0 Å². The highest BCUT2D eigenvalue weighted by molar-refractivity contribution is 7.89. The second-order valence-electron chi connectivity index (χ2n) is 5.56. The maximum atomic E-state index is 12.9. The van der Waals surface area contributed by atoms with Crippen LogP contribution in [-0.2, 0) is 10.0 Å². The van der Waals surface area contributed by atoms with Crippen molar-refractivity contribution in [2.45, 2.75) is 24.3 Å². The standard InChI is InChI=1S/C15H24N2O5S/c1-10-5-6-16-9-12(10)17-23(18,19)15-13(21-3)7-11(20-2)8-14(15)22-4/h7-8,10,12,16-17H,5-6,9H2,1-4H3. The topological polar surface area (TPSA) is 85.9 Å². The van der Waals surface area contributed by atoms with Crippen LogP contribution in [0, 0.1) is 5.92 Å². The van der Waals surface area contributed by atoms with Gasteiger partial charge in [0.2, 0.25) is 10.0 Å². The van der Waals surface area contributed by atoms with Crippen LogP contribution < -0.4 is 24.2 Å². The monoisotopic (exact) mass is 344 g/mol. The van der Waals surface area contributed by atoms with Gasteiger partial charge in [-0.1, -0.05) is 6.92 Å². The van der Waals surface area contributed by atoms with Crippen molar-refractivity contribution in [1.29, 1.82) is 0 Å². The molecule has 2 rings (SSSR count). The number of piperidine rings is 1. The Kier molecular flexibility index (Phi) is 5.72. The largest absolute Gasteiger partial charge is 0.496 e. The lowest BCUT2D eigenvalue weighted by molar-refractivity contribution is 0.324. The van der Waals surface area contributed by atoms with Gasteiger partial charge in [-0.25, -0.2) is 13.1 Å². The van der Waals surface area contributed by atoms with E-state index in [9.17, 15) is 8.42 Å². The number of methoxy groups -OCH3 is 3. The van der Waals surface area contributed by atoms with Crippen molar-refractivity contribution in [2.24, 2.45) is 5.92 Å². The van der Waals surface area contributed by atoms with Crippen LogP contribution in [0.5, 0.6) is 17.2 Å². The molecule has 0 aliphatic carbocycles. The average Bonchev–Trinajstić information content (AvgIpc) is 2.55. The molecule has 8 heteroatoms. The molecule has 1 heterocycles. The van der Waals surface area contributed by atoms with Gasteiger partial charge in [-0.05, 0) is 18.9 Å². The molecule has 2 N–H and O–H groups in total. The summed E-state index contributed by atoms with van der Waals surface area (Å²) in [6, 6.07) is 2.88. The van der Waals surface area contributed by atoms with Crippen molar-refractivity contribution in [2.75, 3.05) is 34.4 Å². The van der Waals surface area contributed by atoms with Gasteiger partial charge in [-0.2, -0.15) is 0 Å². The molecular formula is C15H24N2O5S. The van der Waals surface area contributed by atoms with E-state index in [2.05, 4.69) is 10.0 Å². The Hall–Kier alpha value is -1.51. The third-order valence-corrected chi connectivity index (χ3v) is 5.63. The predicted octanol–water partition coefficient (Wildman–Crippen LogP) is 0.989. The molecule has 1 aliphatic rings. The smallest absolute Gasteiger partial charge is 0.248 e. The van der Waals surface area contributed by atoms with Gasteiger partial charge in [-0.15, -0.1) is 0 Å². The van der Waals surface area contributed by atoms with Crippen LogP contribution in [0.1, 0.15) is 13.3 Å². The van der Waals surface area contributed by atoms with E-state index in [1.54, 1.807) is 0 Å². The van der Waals surface area contributed by atoms with Crippen molar-refractivity contribution in [3.05, 3.63) is 12.1 Å². The number of sulfonamides is 1. The Morgan fingerprint density at radius 2 is 1.74 bits per heavy atom. The molecule has 1 fully saturated rings. The van der Waals surface area contributed by atoms with Crippen LogP contribution in [0.3, 0.4) is 0 Å². The van der Waals surface area contributed by atoms with E-state index < -0.39 is 10.0 Å². The van der Waals surface area contributed by atoms with E-state index in [-0.39, 0.29) is 28.4 Å². The zero-order valence-corrected chi connectivity index (χ0v) is 14.7. The molecular weight excluding hydrogens is 320 g/mol. The first kappa shape index (κ1) is 17.8. The van der Waals surface area contributed by atoms with Gasteiger partial charge >= 0.3 is 0 Å². The van der Waals surface area contributed by atoms with Crippen molar-refractivity contribution in [1.82, 2.24) is 10.0 Å². The zero-order valence-electron chi connectivity index (χ0n) is 13.9. The van der Waals surface area contributed by atoms with E-state index in [4.69, 9.17) is 14.2 Å². The van der Waals surface area contributed by atoms with Crippen LogP contribution in [0.25, 0.3) is 0 Å². The van der Waals surface area contributed by atoms with Crippen LogP contribution in [0.4, 0.5) is 0 Å². The lowest BCUT2D eigenvalue weighted by Crippen LogP contribution is -2.50. The molecule has 1 aromatic carbocycles. The molecule has 2 unspecified atom stereocenters. The number of benzene rings is 1. The van der Waals surface area contributed by atoms with Crippen molar-refractivity contribution >= 4 is 10.0 Å². The molecule has 2 atom stereocenters. The molecule has 7 nitrogen and oxygen atoms in total. The summed E-state index contributed by atoms with van der Waals surface area (Å²) in [6.45, 7) is 3.53. The third-order valence-electron chi connectivity index (χ3n) is 4.07. The molecule has 0 amide bonds. The molecule has 0 spiro atoms. The Balaban J connectivity index is 2.41. The van der Waals surface area contributed by atoms with E-state index in [0.717, 1.165) is 13.0 Å². The predicted molar refractivity (Wildman–Crippen MR) is 86.9 cm³/mol. The van der Waals surface area contributed by atoms with E-state index in [1.807, 2.05) is 6.92 Å². The number of hydrogen-bond donors (Lipinski definition) is 2. The van der Waals surface area contributed by atoms with Gasteiger partial charge in [0.05, 0.1) is 21.3 Å². The molecule has 23 heavy (non-hydrogen) atoms. The second kappa shape index (κ2) is 7.37. The molecule has 1 saturated heterocycles. The van der Waals surface area contributed by atoms with Gasteiger partial charge in [0, 0.05) is 24.7 Å².